The lowest BCUT2D eigenvalue weighted by atomic mass is 10.1. The molecule has 6 nitrogen and oxygen atoms in total. The third kappa shape index (κ3) is 4.05. The molecule has 0 aromatic heterocycles. The Balaban J connectivity index is 2.12. The molecule has 1 aliphatic rings. The van der Waals surface area contributed by atoms with Gasteiger partial charge in [0, 0.05) is 26.1 Å². The van der Waals surface area contributed by atoms with Crippen molar-refractivity contribution in [2.75, 3.05) is 33.1 Å². The summed E-state index contributed by atoms with van der Waals surface area (Å²) >= 11 is 0. The lowest BCUT2D eigenvalue weighted by molar-refractivity contribution is 0.0921. The van der Waals surface area contributed by atoms with E-state index in [2.05, 4.69) is 5.32 Å². The minimum absolute atomic E-state index is 0.0463. The number of hydrogen-bond donors (Lipinski definition) is 1. The summed E-state index contributed by atoms with van der Waals surface area (Å²) in [5.74, 6) is -5.71. The fourth-order valence-electron chi connectivity index (χ4n) is 2.28. The molecule has 0 aliphatic carbocycles. The molecular weight excluding hydrogens is 349 g/mol. The number of benzene rings is 1. The lowest BCUT2D eigenvalue weighted by Gasteiger charge is -2.21. The van der Waals surface area contributed by atoms with Gasteiger partial charge in [-0.3, -0.25) is 4.79 Å². The van der Waals surface area contributed by atoms with Gasteiger partial charge < -0.3 is 10.1 Å². The van der Waals surface area contributed by atoms with Crippen molar-refractivity contribution >= 4 is 15.9 Å². The van der Waals surface area contributed by atoms with Crippen LogP contribution in [0.4, 0.5) is 13.2 Å². The molecule has 1 aromatic rings. The van der Waals surface area contributed by atoms with Crippen molar-refractivity contribution in [1.29, 1.82) is 0 Å². The van der Waals surface area contributed by atoms with Gasteiger partial charge in [0.25, 0.3) is 5.91 Å². The largest absolute Gasteiger partial charge is 0.379 e. The van der Waals surface area contributed by atoms with E-state index < -0.39 is 50.9 Å². The highest BCUT2D eigenvalue weighted by atomic mass is 32.2. The maximum absolute atomic E-state index is 13.6. The van der Waals surface area contributed by atoms with Crippen LogP contribution in [0.1, 0.15) is 10.4 Å². The highest BCUT2D eigenvalue weighted by Gasteiger charge is 2.34. The Kier molecular flexibility index (Phi) is 5.51. The van der Waals surface area contributed by atoms with E-state index in [1.54, 1.807) is 0 Å². The average Bonchev–Trinajstić information content (AvgIpc) is 2.89. The summed E-state index contributed by atoms with van der Waals surface area (Å²) in [6, 6.07) is 0.0600. The third-order valence-electron chi connectivity index (χ3n) is 3.75. The van der Waals surface area contributed by atoms with E-state index in [-0.39, 0.29) is 25.0 Å². The number of hydrogen-bond acceptors (Lipinski definition) is 4. The molecule has 1 fully saturated rings. The number of amides is 1. The Morgan fingerprint density at radius 1 is 1.21 bits per heavy atom. The third-order valence-corrected chi connectivity index (χ3v) is 5.71. The zero-order chi connectivity index (χ0) is 18.1. The first-order chi connectivity index (χ1) is 11.1. The fraction of sp³-hybridized carbons (Fsp3) is 0.500. The molecule has 1 saturated heterocycles. The number of halogens is 3. The van der Waals surface area contributed by atoms with Gasteiger partial charge in [0.05, 0.1) is 30.6 Å². The van der Waals surface area contributed by atoms with Crippen LogP contribution in [0.5, 0.6) is 0 Å². The van der Waals surface area contributed by atoms with E-state index in [0.717, 1.165) is 4.31 Å². The Hall–Kier alpha value is -1.65. The van der Waals surface area contributed by atoms with Gasteiger partial charge in [-0.1, -0.05) is 0 Å². The van der Waals surface area contributed by atoms with Crippen LogP contribution in [0.15, 0.2) is 12.1 Å². The van der Waals surface area contributed by atoms with Gasteiger partial charge in [0.1, 0.15) is 5.82 Å². The Labute approximate surface area is 137 Å². The van der Waals surface area contributed by atoms with Gasteiger partial charge in [-0.2, -0.15) is 0 Å². The fourth-order valence-corrected chi connectivity index (χ4v) is 3.45. The number of carbonyl (C=O) groups excluding carboxylic acids is 1. The van der Waals surface area contributed by atoms with Gasteiger partial charge in [-0.25, -0.2) is 25.9 Å². The predicted molar refractivity (Wildman–Crippen MR) is 79.4 cm³/mol. The van der Waals surface area contributed by atoms with E-state index in [9.17, 15) is 26.4 Å². The van der Waals surface area contributed by atoms with Crippen molar-refractivity contribution in [1.82, 2.24) is 9.62 Å². The molecule has 2 atom stereocenters. The zero-order valence-corrected chi connectivity index (χ0v) is 13.9. The minimum Gasteiger partial charge on any atom is -0.379 e. The second kappa shape index (κ2) is 7.08. The number of nitrogens with one attached hydrogen (secondary N) is 1. The first-order valence-electron chi connectivity index (χ1n) is 7.05. The number of rotatable bonds is 5. The smallest absolute Gasteiger partial charge is 0.254 e. The van der Waals surface area contributed by atoms with Crippen LogP contribution in [0, 0.1) is 23.4 Å². The first-order valence-corrected chi connectivity index (χ1v) is 8.66. The standard InChI is InChI=1S/C14H17F3N2O4S/c1-19(2)24(21,22)7-8-5-23-6-13(8)18-14(20)9-3-11(16)12(17)4-10(9)15/h3-4,8,13H,5-7H2,1-2H3,(H,18,20)/t8-,13+/m0/s1. The van der Waals surface area contributed by atoms with Gasteiger partial charge >= 0.3 is 0 Å². The molecule has 1 heterocycles. The van der Waals surface area contributed by atoms with E-state index in [1.807, 2.05) is 0 Å². The molecule has 0 unspecified atom stereocenters. The van der Waals surface area contributed by atoms with Crippen molar-refractivity contribution in [3.8, 4) is 0 Å². The van der Waals surface area contributed by atoms with Gasteiger partial charge in [-0.05, 0) is 6.07 Å². The van der Waals surface area contributed by atoms with Crippen LogP contribution in [0.2, 0.25) is 0 Å². The predicted octanol–water partition coefficient (Wildman–Crippen LogP) is 0.740. The number of carbonyl (C=O) groups is 1. The summed E-state index contributed by atoms with van der Waals surface area (Å²) in [7, 11) is -0.748. The average molecular weight is 366 g/mol. The molecule has 1 N–H and O–H groups in total. The van der Waals surface area contributed by atoms with Crippen LogP contribution in [-0.2, 0) is 14.8 Å². The Morgan fingerprint density at radius 2 is 1.83 bits per heavy atom. The zero-order valence-electron chi connectivity index (χ0n) is 13.1. The monoisotopic (exact) mass is 366 g/mol. The minimum atomic E-state index is -3.52. The number of ether oxygens (including phenoxy) is 1. The summed E-state index contributed by atoms with van der Waals surface area (Å²) in [4.78, 5) is 12.1. The SMILES string of the molecule is CN(C)S(=O)(=O)C[C@@H]1COC[C@H]1NC(=O)c1cc(F)c(F)cc1F. The van der Waals surface area contributed by atoms with Crippen molar-refractivity contribution in [2.24, 2.45) is 5.92 Å². The molecule has 10 heteroatoms. The van der Waals surface area contributed by atoms with Crippen molar-refractivity contribution < 1.29 is 31.1 Å². The maximum Gasteiger partial charge on any atom is 0.254 e. The van der Waals surface area contributed by atoms with Gasteiger partial charge in [0.15, 0.2) is 11.6 Å². The van der Waals surface area contributed by atoms with E-state index in [4.69, 9.17) is 4.74 Å². The molecule has 24 heavy (non-hydrogen) atoms. The second-order valence-corrected chi connectivity index (χ2v) is 7.91. The molecule has 1 aliphatic heterocycles. The molecule has 0 saturated carbocycles. The number of sulfonamides is 1. The highest BCUT2D eigenvalue weighted by molar-refractivity contribution is 7.89. The molecular formula is C14H17F3N2O4S. The second-order valence-electron chi connectivity index (χ2n) is 5.68. The van der Waals surface area contributed by atoms with Crippen LogP contribution in [0.3, 0.4) is 0 Å². The normalized spacial score (nSPS) is 21.2. The van der Waals surface area contributed by atoms with Crippen molar-refractivity contribution in [3.63, 3.8) is 0 Å². The molecule has 134 valence electrons. The van der Waals surface area contributed by atoms with E-state index in [0.29, 0.717) is 6.07 Å². The lowest BCUT2D eigenvalue weighted by Crippen LogP contribution is -2.43. The van der Waals surface area contributed by atoms with E-state index in [1.165, 1.54) is 14.1 Å². The highest BCUT2D eigenvalue weighted by Crippen LogP contribution is 2.19. The van der Waals surface area contributed by atoms with Crippen molar-refractivity contribution in [3.05, 3.63) is 35.1 Å². The first kappa shape index (κ1) is 18.7. The Morgan fingerprint density at radius 3 is 2.46 bits per heavy atom. The molecule has 0 radical (unpaired) electrons. The van der Waals surface area contributed by atoms with Crippen LogP contribution in [-0.4, -0.2) is 57.7 Å². The summed E-state index contributed by atoms with van der Waals surface area (Å²) in [6.45, 7) is 0.156. The Bertz CT molecular complexity index is 740. The van der Waals surface area contributed by atoms with Crippen molar-refractivity contribution in [2.45, 2.75) is 6.04 Å². The summed E-state index contributed by atoms with van der Waals surface area (Å²) < 4.78 is 69.8. The molecule has 2 rings (SSSR count). The number of nitrogens with zero attached hydrogens (tertiary/aromatic N) is 1. The van der Waals surface area contributed by atoms with Gasteiger partial charge in [0.2, 0.25) is 10.0 Å². The van der Waals surface area contributed by atoms with Crippen LogP contribution < -0.4 is 5.32 Å². The summed E-state index contributed by atoms with van der Waals surface area (Å²) in [6.07, 6.45) is 0. The molecule has 0 spiro atoms. The quantitative estimate of drug-likeness (QED) is 0.780. The van der Waals surface area contributed by atoms with Gasteiger partial charge in [-0.15, -0.1) is 0 Å². The molecule has 1 aromatic carbocycles. The topological polar surface area (TPSA) is 75.7 Å². The maximum atomic E-state index is 13.6. The molecule has 0 bridgehead atoms. The summed E-state index contributed by atoms with van der Waals surface area (Å²) in [5.41, 5.74) is -0.657. The van der Waals surface area contributed by atoms with Crippen LogP contribution in [0.25, 0.3) is 0 Å². The summed E-state index contributed by atoms with van der Waals surface area (Å²) in [5, 5.41) is 2.42. The van der Waals surface area contributed by atoms with E-state index >= 15 is 0 Å². The van der Waals surface area contributed by atoms with Crippen LogP contribution >= 0.6 is 0 Å². The molecule has 1 amide bonds.